The van der Waals surface area contributed by atoms with Gasteiger partial charge in [-0.15, -0.1) is 0 Å². The highest BCUT2D eigenvalue weighted by Gasteiger charge is 2.29. The number of carbonyl (C=O) groups is 2. The van der Waals surface area contributed by atoms with Crippen LogP contribution in [0.5, 0.6) is 0 Å². The average Bonchev–Trinajstić information content (AvgIpc) is 3.53. The molecule has 1 amide bonds. The maximum absolute atomic E-state index is 12.6. The topological polar surface area (TPSA) is 130 Å². The van der Waals surface area contributed by atoms with Gasteiger partial charge in [0.1, 0.15) is 13.2 Å². The Morgan fingerprint density at radius 3 is 1.38 bits per heavy atom. The molecule has 0 aromatic heterocycles. The van der Waals surface area contributed by atoms with E-state index in [1.807, 2.05) is 31.2 Å². The van der Waals surface area contributed by atoms with Gasteiger partial charge in [-0.1, -0.05) is 75.2 Å². The lowest BCUT2D eigenvalue weighted by Gasteiger charge is -2.19. The number of carbonyl (C=O) groups excluding carboxylic acids is 2. The molecule has 0 saturated carbocycles. The number of hydrogen-bond donors (Lipinski definition) is 0. The van der Waals surface area contributed by atoms with Crippen molar-refractivity contribution in [2.75, 3.05) is 133 Å². The molecule has 0 saturated heterocycles. The monoisotopic (exact) mass is 775 g/mol. The number of nitrogens with zero attached hydrogens (tertiary/aromatic N) is 1. The van der Waals surface area contributed by atoms with Gasteiger partial charge in [0.15, 0.2) is 0 Å². The molecule has 13 nitrogen and oxygen atoms in total. The predicted octanol–water partition coefficient (Wildman–Crippen LogP) is 5.76. The van der Waals surface area contributed by atoms with Crippen LogP contribution in [0.1, 0.15) is 56.6 Å². The number of esters is 1. The summed E-state index contributed by atoms with van der Waals surface area (Å²) in [6.07, 6.45) is 3.45. The van der Waals surface area contributed by atoms with Gasteiger partial charge in [0.25, 0.3) is 0 Å². The van der Waals surface area contributed by atoms with Gasteiger partial charge in [-0.2, -0.15) is 0 Å². The summed E-state index contributed by atoms with van der Waals surface area (Å²) in [5.74, 6) is -0.0971. The van der Waals surface area contributed by atoms with Crippen molar-refractivity contribution in [2.24, 2.45) is 5.92 Å². The van der Waals surface area contributed by atoms with Crippen LogP contribution in [0.25, 0.3) is 11.1 Å². The van der Waals surface area contributed by atoms with Crippen molar-refractivity contribution in [3.05, 3.63) is 59.7 Å². The Hall–Kier alpha value is -3.14. The van der Waals surface area contributed by atoms with Gasteiger partial charge in [0.05, 0.1) is 112 Å². The van der Waals surface area contributed by atoms with Gasteiger partial charge in [0, 0.05) is 19.5 Å². The van der Waals surface area contributed by atoms with Gasteiger partial charge >= 0.3 is 12.1 Å². The molecular weight excluding hydrogens is 710 g/mol. The van der Waals surface area contributed by atoms with Crippen LogP contribution in [-0.4, -0.2) is 149 Å². The fourth-order valence-corrected chi connectivity index (χ4v) is 5.90. The van der Waals surface area contributed by atoms with E-state index < -0.39 is 0 Å². The molecule has 0 N–H and O–H groups in total. The number of benzene rings is 2. The summed E-state index contributed by atoms with van der Waals surface area (Å²) < 4.78 is 55.1. The highest BCUT2D eigenvalue weighted by atomic mass is 16.6. The van der Waals surface area contributed by atoms with Crippen LogP contribution in [0, 0.1) is 5.92 Å². The molecule has 1 aliphatic rings. The van der Waals surface area contributed by atoms with Gasteiger partial charge in [-0.05, 0) is 35.1 Å². The first-order valence-corrected chi connectivity index (χ1v) is 19.9. The maximum atomic E-state index is 12.6. The maximum Gasteiger partial charge on any atom is 0.409 e. The number of amides is 1. The van der Waals surface area contributed by atoms with E-state index in [-0.39, 0.29) is 30.5 Å². The Morgan fingerprint density at radius 2 is 0.964 bits per heavy atom. The van der Waals surface area contributed by atoms with Crippen molar-refractivity contribution >= 4 is 12.1 Å². The quantitative estimate of drug-likeness (QED) is 0.0634. The SMILES string of the molecule is CCCCC(CC)C(=O)OCCOCCOCCOCCOCCOCCOCCOCCOCCN(C)C(=O)OCC1c2ccccc2-c2ccccc21. The Bertz CT molecular complexity index is 1250. The summed E-state index contributed by atoms with van der Waals surface area (Å²) in [6.45, 7) is 12.4. The first kappa shape index (κ1) is 46.2. The lowest BCUT2D eigenvalue weighted by Crippen LogP contribution is -2.32. The molecule has 0 radical (unpaired) electrons. The summed E-state index contributed by atoms with van der Waals surface area (Å²) in [4.78, 5) is 26.2. The van der Waals surface area contributed by atoms with Crippen LogP contribution < -0.4 is 0 Å². The van der Waals surface area contributed by atoms with E-state index in [2.05, 4.69) is 31.2 Å². The van der Waals surface area contributed by atoms with E-state index >= 15 is 0 Å². The molecule has 0 heterocycles. The third-order valence-corrected chi connectivity index (χ3v) is 9.03. The minimum absolute atomic E-state index is 0.00953. The Kier molecular flexibility index (Phi) is 25.3. The number of likely N-dealkylation sites (N-methyl/N-ethyl adjacent to an activating group) is 1. The zero-order chi connectivity index (χ0) is 39.2. The zero-order valence-electron chi connectivity index (χ0n) is 33.4. The van der Waals surface area contributed by atoms with Gasteiger partial charge < -0.3 is 52.3 Å². The summed E-state index contributed by atoms with van der Waals surface area (Å²) in [6, 6.07) is 16.6. The number of ether oxygens (including phenoxy) is 10. The fraction of sp³-hybridized carbons (Fsp3) is 0.667. The highest BCUT2D eigenvalue weighted by Crippen LogP contribution is 2.44. The van der Waals surface area contributed by atoms with Gasteiger partial charge in [-0.25, -0.2) is 4.79 Å². The molecular formula is C42H65NO12. The molecule has 3 rings (SSSR count). The second kappa shape index (κ2) is 30.1. The molecule has 0 fully saturated rings. The van der Waals surface area contributed by atoms with Gasteiger partial charge in [0.2, 0.25) is 0 Å². The highest BCUT2D eigenvalue weighted by molar-refractivity contribution is 5.79. The second-order valence-corrected chi connectivity index (χ2v) is 13.0. The number of rotatable bonds is 34. The standard InChI is InChI=1S/C42H65NO12/c1-4-6-11-35(5-2)41(44)54-33-32-53-31-30-52-29-28-51-27-26-50-25-24-49-23-22-48-21-20-47-19-18-46-17-16-43(3)42(45)55-34-40-38-14-9-7-12-36(38)37-13-8-10-15-39(37)40/h7-10,12-15,35,40H,4-6,11,16-34H2,1-3H3. The van der Waals surface area contributed by atoms with Gasteiger partial charge in [-0.3, -0.25) is 4.79 Å². The van der Waals surface area contributed by atoms with E-state index in [9.17, 15) is 9.59 Å². The first-order valence-electron chi connectivity index (χ1n) is 19.9. The Balaban J connectivity index is 0.992. The molecule has 1 aliphatic carbocycles. The van der Waals surface area contributed by atoms with Crippen LogP contribution in [0.4, 0.5) is 4.79 Å². The predicted molar refractivity (Wildman–Crippen MR) is 209 cm³/mol. The third-order valence-electron chi connectivity index (χ3n) is 9.03. The minimum Gasteiger partial charge on any atom is -0.463 e. The summed E-state index contributed by atoms with van der Waals surface area (Å²) in [7, 11) is 1.71. The smallest absolute Gasteiger partial charge is 0.409 e. The molecule has 0 aliphatic heterocycles. The van der Waals surface area contributed by atoms with E-state index in [1.165, 1.54) is 27.2 Å². The molecule has 2 aromatic carbocycles. The van der Waals surface area contributed by atoms with Crippen LogP contribution in [0.2, 0.25) is 0 Å². The van der Waals surface area contributed by atoms with Crippen molar-refractivity contribution in [3.63, 3.8) is 0 Å². The number of unbranched alkanes of at least 4 members (excludes halogenated alkanes) is 1. The molecule has 310 valence electrons. The molecule has 13 heteroatoms. The normalized spacial score (nSPS) is 12.7. The van der Waals surface area contributed by atoms with Crippen LogP contribution in [0.3, 0.4) is 0 Å². The summed E-state index contributed by atoms with van der Waals surface area (Å²) in [5, 5.41) is 0. The lowest BCUT2D eigenvalue weighted by atomic mass is 9.98. The van der Waals surface area contributed by atoms with E-state index in [0.717, 1.165) is 25.7 Å². The first-order chi connectivity index (χ1) is 27.1. The number of hydrogen-bond acceptors (Lipinski definition) is 12. The third kappa shape index (κ3) is 19.0. The Labute approximate surface area is 328 Å². The molecule has 0 bridgehead atoms. The van der Waals surface area contributed by atoms with E-state index in [4.69, 9.17) is 47.4 Å². The van der Waals surface area contributed by atoms with Crippen LogP contribution in [-0.2, 0) is 52.2 Å². The summed E-state index contributed by atoms with van der Waals surface area (Å²) >= 11 is 0. The zero-order valence-corrected chi connectivity index (χ0v) is 33.4. The molecule has 0 spiro atoms. The molecule has 1 unspecified atom stereocenters. The fourth-order valence-electron chi connectivity index (χ4n) is 5.90. The lowest BCUT2D eigenvalue weighted by molar-refractivity contribution is -0.150. The largest absolute Gasteiger partial charge is 0.463 e. The van der Waals surface area contributed by atoms with Crippen molar-refractivity contribution in [2.45, 2.75) is 45.4 Å². The van der Waals surface area contributed by atoms with Crippen molar-refractivity contribution < 1.29 is 57.0 Å². The second-order valence-electron chi connectivity index (χ2n) is 13.0. The summed E-state index contributed by atoms with van der Waals surface area (Å²) in [5.41, 5.74) is 4.79. The van der Waals surface area contributed by atoms with E-state index in [0.29, 0.717) is 119 Å². The van der Waals surface area contributed by atoms with Crippen molar-refractivity contribution in [1.82, 2.24) is 4.90 Å². The van der Waals surface area contributed by atoms with Crippen molar-refractivity contribution in [3.8, 4) is 11.1 Å². The molecule has 2 aromatic rings. The van der Waals surface area contributed by atoms with Crippen molar-refractivity contribution in [1.29, 1.82) is 0 Å². The molecule has 1 atom stereocenters. The van der Waals surface area contributed by atoms with Crippen LogP contribution >= 0.6 is 0 Å². The Morgan fingerprint density at radius 1 is 0.564 bits per heavy atom. The number of fused-ring (bicyclic) bond motifs is 3. The molecule has 55 heavy (non-hydrogen) atoms. The van der Waals surface area contributed by atoms with Crippen LogP contribution in [0.15, 0.2) is 48.5 Å². The van der Waals surface area contributed by atoms with E-state index in [1.54, 1.807) is 7.05 Å². The average molecular weight is 776 g/mol. The minimum atomic E-state index is -0.366.